The number of carbonyl (C=O) groups excluding carboxylic acids is 1. The number of hydrogen-bond acceptors (Lipinski definition) is 3. The van der Waals surface area contributed by atoms with E-state index in [9.17, 15) is 4.79 Å². The molecule has 0 aromatic rings. The van der Waals surface area contributed by atoms with Gasteiger partial charge in [-0.2, -0.15) is 11.8 Å². The van der Waals surface area contributed by atoms with Gasteiger partial charge < -0.3 is 5.73 Å². The zero-order valence-electron chi connectivity index (χ0n) is 8.45. The van der Waals surface area contributed by atoms with Crippen molar-refractivity contribution in [3.8, 4) is 0 Å². The van der Waals surface area contributed by atoms with E-state index in [1.807, 2.05) is 13.2 Å². The summed E-state index contributed by atoms with van der Waals surface area (Å²) in [5, 5.41) is 0.150. The number of thioether (sulfide) groups is 1. The average molecular weight is 201 g/mol. The lowest BCUT2D eigenvalue weighted by Gasteiger charge is -2.19. The van der Waals surface area contributed by atoms with E-state index in [0.29, 0.717) is 18.2 Å². The maximum atomic E-state index is 11.9. The van der Waals surface area contributed by atoms with E-state index in [-0.39, 0.29) is 11.2 Å². The van der Waals surface area contributed by atoms with Gasteiger partial charge in [0.05, 0.1) is 5.25 Å². The number of ketones is 1. The van der Waals surface area contributed by atoms with Crippen LogP contribution < -0.4 is 5.73 Å². The van der Waals surface area contributed by atoms with Crippen LogP contribution in [0.3, 0.4) is 0 Å². The minimum atomic E-state index is 0.150. The first kappa shape index (κ1) is 11.1. The van der Waals surface area contributed by atoms with Crippen molar-refractivity contribution in [1.82, 2.24) is 0 Å². The van der Waals surface area contributed by atoms with Crippen molar-refractivity contribution in [1.29, 1.82) is 0 Å². The molecule has 3 unspecified atom stereocenters. The number of nitrogens with two attached hydrogens (primary N) is 1. The van der Waals surface area contributed by atoms with Gasteiger partial charge in [0.2, 0.25) is 0 Å². The maximum absolute atomic E-state index is 11.9. The Labute approximate surface area is 84.6 Å². The Morgan fingerprint density at radius 1 is 1.62 bits per heavy atom. The molecule has 2 N–H and O–H groups in total. The molecule has 0 amide bonds. The first-order valence-electron chi connectivity index (χ1n) is 4.97. The van der Waals surface area contributed by atoms with Gasteiger partial charge in [0.15, 0.2) is 0 Å². The van der Waals surface area contributed by atoms with E-state index < -0.39 is 0 Å². The van der Waals surface area contributed by atoms with E-state index in [0.717, 1.165) is 12.8 Å². The molecule has 2 nitrogen and oxygen atoms in total. The van der Waals surface area contributed by atoms with E-state index in [2.05, 4.69) is 0 Å². The third kappa shape index (κ3) is 2.47. The van der Waals surface area contributed by atoms with E-state index in [1.54, 1.807) is 11.8 Å². The van der Waals surface area contributed by atoms with Gasteiger partial charge in [0.25, 0.3) is 0 Å². The molecule has 0 aromatic carbocycles. The van der Waals surface area contributed by atoms with Gasteiger partial charge in [-0.25, -0.2) is 0 Å². The Morgan fingerprint density at radius 2 is 2.31 bits per heavy atom. The van der Waals surface area contributed by atoms with Crippen LogP contribution in [0.25, 0.3) is 0 Å². The van der Waals surface area contributed by atoms with Crippen LogP contribution in [0.15, 0.2) is 0 Å². The number of Topliss-reactive ketones (excluding diaryl/α,β-unsaturated/α-hetero) is 1. The SMILES string of the molecule is CSC(C)C(=O)C1CCCC1CN. The highest BCUT2D eigenvalue weighted by Gasteiger charge is 2.33. The monoisotopic (exact) mass is 201 g/mol. The second-order valence-corrected chi connectivity index (χ2v) is 4.99. The molecule has 0 bridgehead atoms. The molecule has 0 aliphatic heterocycles. The minimum absolute atomic E-state index is 0.150. The normalized spacial score (nSPS) is 30.4. The molecule has 3 atom stereocenters. The molecule has 13 heavy (non-hydrogen) atoms. The zero-order valence-corrected chi connectivity index (χ0v) is 9.27. The van der Waals surface area contributed by atoms with Gasteiger partial charge in [-0.3, -0.25) is 4.79 Å². The molecule has 3 heteroatoms. The molecular formula is C10H19NOS. The van der Waals surface area contributed by atoms with Crippen LogP contribution >= 0.6 is 11.8 Å². The maximum Gasteiger partial charge on any atom is 0.148 e. The van der Waals surface area contributed by atoms with Crippen molar-refractivity contribution in [2.45, 2.75) is 31.4 Å². The highest BCUT2D eigenvalue weighted by Crippen LogP contribution is 2.33. The molecule has 0 aromatic heterocycles. The molecule has 0 saturated heterocycles. The highest BCUT2D eigenvalue weighted by molar-refractivity contribution is 7.99. The van der Waals surface area contributed by atoms with Gasteiger partial charge in [0.1, 0.15) is 5.78 Å². The van der Waals surface area contributed by atoms with Gasteiger partial charge in [-0.05, 0) is 38.5 Å². The Morgan fingerprint density at radius 3 is 2.85 bits per heavy atom. The Balaban J connectivity index is 2.54. The van der Waals surface area contributed by atoms with Crippen molar-refractivity contribution in [2.75, 3.05) is 12.8 Å². The lowest BCUT2D eigenvalue weighted by molar-refractivity contribution is -0.123. The fourth-order valence-corrected chi connectivity index (χ4v) is 2.52. The Hall–Kier alpha value is -0.0200. The minimum Gasteiger partial charge on any atom is -0.330 e. The summed E-state index contributed by atoms with van der Waals surface area (Å²) in [7, 11) is 0. The Kier molecular flexibility index (Phi) is 4.26. The summed E-state index contributed by atoms with van der Waals surface area (Å²) in [4.78, 5) is 11.9. The third-order valence-electron chi connectivity index (χ3n) is 3.08. The average Bonchev–Trinajstić information content (AvgIpc) is 2.62. The van der Waals surface area contributed by atoms with Gasteiger partial charge in [0, 0.05) is 5.92 Å². The van der Waals surface area contributed by atoms with Crippen molar-refractivity contribution in [3.63, 3.8) is 0 Å². The van der Waals surface area contributed by atoms with E-state index >= 15 is 0 Å². The van der Waals surface area contributed by atoms with Crippen LogP contribution in [0.4, 0.5) is 0 Å². The van der Waals surface area contributed by atoms with Crippen molar-refractivity contribution in [3.05, 3.63) is 0 Å². The van der Waals surface area contributed by atoms with Crippen LogP contribution in [0.1, 0.15) is 26.2 Å². The second-order valence-electron chi connectivity index (χ2n) is 3.81. The topological polar surface area (TPSA) is 43.1 Å². The fraction of sp³-hybridized carbons (Fsp3) is 0.900. The first-order chi connectivity index (χ1) is 6.20. The van der Waals surface area contributed by atoms with Crippen molar-refractivity contribution >= 4 is 17.5 Å². The molecule has 0 spiro atoms. The molecule has 1 aliphatic rings. The summed E-state index contributed by atoms with van der Waals surface area (Å²) in [5.41, 5.74) is 5.64. The molecule has 1 rings (SSSR count). The van der Waals surface area contributed by atoms with Gasteiger partial charge in [-0.15, -0.1) is 0 Å². The summed E-state index contributed by atoms with van der Waals surface area (Å²) in [6.45, 7) is 2.68. The van der Waals surface area contributed by atoms with Crippen LogP contribution in [0, 0.1) is 11.8 Å². The summed E-state index contributed by atoms with van der Waals surface area (Å²) in [6, 6.07) is 0. The van der Waals surface area contributed by atoms with E-state index in [4.69, 9.17) is 5.73 Å². The lowest BCUT2D eigenvalue weighted by Crippen LogP contribution is -2.30. The quantitative estimate of drug-likeness (QED) is 0.752. The molecule has 0 radical (unpaired) electrons. The lowest BCUT2D eigenvalue weighted by atomic mass is 9.91. The predicted molar refractivity (Wildman–Crippen MR) is 57.9 cm³/mol. The number of carbonyl (C=O) groups is 1. The second kappa shape index (κ2) is 5.01. The summed E-state index contributed by atoms with van der Waals surface area (Å²) >= 11 is 1.64. The number of hydrogen-bond donors (Lipinski definition) is 1. The molecule has 1 saturated carbocycles. The number of rotatable bonds is 4. The van der Waals surface area contributed by atoms with Crippen LogP contribution in [0.2, 0.25) is 0 Å². The molecule has 0 heterocycles. The van der Waals surface area contributed by atoms with Gasteiger partial charge >= 0.3 is 0 Å². The third-order valence-corrected chi connectivity index (χ3v) is 4.02. The van der Waals surface area contributed by atoms with Crippen LogP contribution in [0.5, 0.6) is 0 Å². The molecule has 1 aliphatic carbocycles. The van der Waals surface area contributed by atoms with E-state index in [1.165, 1.54) is 6.42 Å². The van der Waals surface area contributed by atoms with Crippen LogP contribution in [-0.4, -0.2) is 23.8 Å². The summed E-state index contributed by atoms with van der Waals surface area (Å²) in [5.74, 6) is 1.13. The fourth-order valence-electron chi connectivity index (χ4n) is 2.11. The van der Waals surface area contributed by atoms with Gasteiger partial charge in [-0.1, -0.05) is 6.42 Å². The van der Waals surface area contributed by atoms with Crippen molar-refractivity contribution < 1.29 is 4.79 Å². The van der Waals surface area contributed by atoms with Crippen LogP contribution in [-0.2, 0) is 4.79 Å². The summed E-state index contributed by atoms with van der Waals surface area (Å²) in [6.07, 6.45) is 5.38. The van der Waals surface area contributed by atoms with Crippen molar-refractivity contribution in [2.24, 2.45) is 17.6 Å². The summed E-state index contributed by atoms with van der Waals surface area (Å²) < 4.78 is 0. The predicted octanol–water partition coefficient (Wildman–Crippen LogP) is 1.68. The smallest absolute Gasteiger partial charge is 0.148 e. The molecule has 1 fully saturated rings. The zero-order chi connectivity index (χ0) is 9.84. The highest BCUT2D eigenvalue weighted by atomic mass is 32.2. The first-order valence-corrected chi connectivity index (χ1v) is 6.26. The Bertz CT molecular complexity index is 184. The molecule has 76 valence electrons. The standard InChI is InChI=1S/C10H19NOS/c1-7(13-2)10(12)9-5-3-4-8(9)6-11/h7-9H,3-6,11H2,1-2H3. The molecular weight excluding hydrogens is 182 g/mol. The largest absolute Gasteiger partial charge is 0.330 e.